The summed E-state index contributed by atoms with van der Waals surface area (Å²) in [5.41, 5.74) is 7.71. The van der Waals surface area contributed by atoms with Crippen LogP contribution >= 0.6 is 11.3 Å². The van der Waals surface area contributed by atoms with Crippen molar-refractivity contribution in [3.05, 3.63) is 90.1 Å². The first-order chi connectivity index (χ1) is 14.9. The Morgan fingerprint density at radius 2 is 1.52 bits per heavy atom. The first-order valence-corrected chi connectivity index (χ1v) is 11.7. The summed E-state index contributed by atoms with van der Waals surface area (Å²) in [6.45, 7) is 9.04. The third kappa shape index (κ3) is 4.00. The Kier molecular flexibility index (Phi) is 4.91. The number of aromatic nitrogens is 1. The number of hydrogen-bond acceptors (Lipinski definition) is 2. The van der Waals surface area contributed by atoms with Gasteiger partial charge in [-0.3, -0.25) is 4.98 Å². The molecule has 0 spiro atoms. The smallest absolute Gasteiger partial charge is 0.0705 e. The summed E-state index contributed by atoms with van der Waals surface area (Å²) in [6.07, 6.45) is 3.08. The van der Waals surface area contributed by atoms with Gasteiger partial charge in [0, 0.05) is 31.9 Å². The van der Waals surface area contributed by atoms with Crippen LogP contribution in [0.5, 0.6) is 0 Å². The van der Waals surface area contributed by atoms with Crippen LogP contribution in [0.25, 0.3) is 42.6 Å². The summed E-state index contributed by atoms with van der Waals surface area (Å²) < 4.78 is 2.65. The van der Waals surface area contributed by atoms with E-state index in [9.17, 15) is 0 Å². The summed E-state index contributed by atoms with van der Waals surface area (Å²) in [5, 5.41) is 2.65. The monoisotopic (exact) mass is 421 g/mol. The molecule has 2 aromatic heterocycles. The molecule has 2 heteroatoms. The number of pyridine rings is 1. The third-order valence-electron chi connectivity index (χ3n) is 5.81. The fourth-order valence-corrected chi connectivity index (χ4v) is 5.36. The molecule has 0 saturated carbocycles. The Morgan fingerprint density at radius 1 is 0.742 bits per heavy atom. The molecule has 1 nitrogen and oxygen atoms in total. The van der Waals surface area contributed by atoms with Crippen LogP contribution in [0.3, 0.4) is 0 Å². The number of nitrogens with zero attached hydrogens (tertiary/aromatic N) is 1. The van der Waals surface area contributed by atoms with E-state index in [2.05, 4.69) is 100 Å². The van der Waals surface area contributed by atoms with E-state index in [1.54, 1.807) is 0 Å². The second-order valence-electron chi connectivity index (χ2n) is 9.62. The van der Waals surface area contributed by atoms with Gasteiger partial charge < -0.3 is 0 Å². The Balaban J connectivity index is 1.58. The fraction of sp³-hybridized carbons (Fsp3) is 0.207. The van der Waals surface area contributed by atoms with Gasteiger partial charge in [0.2, 0.25) is 0 Å². The predicted molar refractivity (Wildman–Crippen MR) is 136 cm³/mol. The molecule has 154 valence electrons. The Bertz CT molecular complexity index is 1390. The zero-order valence-corrected chi connectivity index (χ0v) is 19.4. The molecule has 5 rings (SSSR count). The quantitative estimate of drug-likeness (QED) is 0.284. The maximum absolute atomic E-state index is 4.76. The summed E-state index contributed by atoms with van der Waals surface area (Å²) in [5.74, 6) is 0. The molecule has 2 heterocycles. The molecule has 0 aliphatic carbocycles. The average molecular weight is 422 g/mol. The van der Waals surface area contributed by atoms with Crippen molar-refractivity contribution in [1.82, 2.24) is 4.98 Å². The molecule has 0 N–H and O–H groups in total. The summed E-state index contributed by atoms with van der Waals surface area (Å²) in [4.78, 5) is 4.76. The van der Waals surface area contributed by atoms with E-state index in [1.165, 1.54) is 48.0 Å². The van der Waals surface area contributed by atoms with E-state index < -0.39 is 0 Å². The van der Waals surface area contributed by atoms with Gasteiger partial charge in [-0.2, -0.15) is 0 Å². The Hall–Kier alpha value is -2.97. The lowest BCUT2D eigenvalue weighted by molar-refractivity contribution is 0.410. The number of aryl methyl sites for hydroxylation is 1. The maximum atomic E-state index is 4.76. The molecule has 0 amide bonds. The van der Waals surface area contributed by atoms with Gasteiger partial charge >= 0.3 is 0 Å². The van der Waals surface area contributed by atoms with Gasteiger partial charge in [0.15, 0.2) is 0 Å². The van der Waals surface area contributed by atoms with Crippen molar-refractivity contribution in [2.75, 3.05) is 0 Å². The lowest BCUT2D eigenvalue weighted by Crippen LogP contribution is -2.10. The number of benzene rings is 3. The Morgan fingerprint density at radius 3 is 2.29 bits per heavy atom. The van der Waals surface area contributed by atoms with E-state index in [1.807, 2.05) is 17.5 Å². The number of thiophene rings is 1. The molecular formula is C29H27NS. The second kappa shape index (κ2) is 7.62. The zero-order valence-electron chi connectivity index (χ0n) is 18.6. The topological polar surface area (TPSA) is 12.9 Å². The van der Waals surface area contributed by atoms with Crippen LogP contribution in [-0.4, -0.2) is 4.98 Å². The molecule has 0 fully saturated rings. The highest BCUT2D eigenvalue weighted by Gasteiger charge is 2.15. The predicted octanol–water partition coefficient (Wildman–Crippen LogP) is 8.68. The third-order valence-corrected chi connectivity index (χ3v) is 6.94. The fourth-order valence-electron chi connectivity index (χ4n) is 4.23. The van der Waals surface area contributed by atoms with E-state index in [0.717, 1.165) is 12.1 Å². The van der Waals surface area contributed by atoms with Crippen molar-refractivity contribution in [2.24, 2.45) is 5.41 Å². The van der Waals surface area contributed by atoms with Gasteiger partial charge in [-0.25, -0.2) is 0 Å². The molecule has 5 aromatic rings. The molecular weight excluding hydrogens is 394 g/mol. The van der Waals surface area contributed by atoms with Crippen LogP contribution in [0.2, 0.25) is 0 Å². The SMILES string of the molecule is Cc1cnc(-c2ccc3c(c2)sc2ccc(-c4ccccc4)cc23)cc1CC(C)(C)C. The van der Waals surface area contributed by atoms with Gasteiger partial charge in [0.1, 0.15) is 0 Å². The number of hydrogen-bond donors (Lipinski definition) is 0. The van der Waals surface area contributed by atoms with Crippen LogP contribution in [0, 0.1) is 12.3 Å². The Labute approximate surface area is 188 Å². The zero-order chi connectivity index (χ0) is 21.6. The molecule has 0 bridgehead atoms. The number of rotatable bonds is 3. The first-order valence-electron chi connectivity index (χ1n) is 10.8. The average Bonchev–Trinajstić information content (AvgIpc) is 3.12. The highest BCUT2D eigenvalue weighted by atomic mass is 32.1. The maximum Gasteiger partial charge on any atom is 0.0705 e. The largest absolute Gasteiger partial charge is 0.256 e. The van der Waals surface area contributed by atoms with Crippen LogP contribution < -0.4 is 0 Å². The first kappa shape index (κ1) is 20.0. The highest BCUT2D eigenvalue weighted by Crippen LogP contribution is 2.38. The summed E-state index contributed by atoms with van der Waals surface area (Å²) in [6, 6.07) is 26.5. The van der Waals surface area contributed by atoms with Crippen molar-refractivity contribution >= 4 is 31.5 Å². The molecule has 0 aliphatic heterocycles. The van der Waals surface area contributed by atoms with E-state index in [0.29, 0.717) is 0 Å². The summed E-state index contributed by atoms with van der Waals surface area (Å²) in [7, 11) is 0. The van der Waals surface area contributed by atoms with E-state index in [-0.39, 0.29) is 5.41 Å². The van der Waals surface area contributed by atoms with Crippen molar-refractivity contribution in [3.8, 4) is 22.4 Å². The molecule has 0 aliphatic rings. The van der Waals surface area contributed by atoms with Crippen molar-refractivity contribution in [2.45, 2.75) is 34.1 Å². The van der Waals surface area contributed by atoms with Gasteiger partial charge in [0.05, 0.1) is 5.69 Å². The highest BCUT2D eigenvalue weighted by molar-refractivity contribution is 7.25. The van der Waals surface area contributed by atoms with Crippen LogP contribution in [-0.2, 0) is 6.42 Å². The standard InChI is InChI=1S/C29H27NS/c1-19-18-30-26(15-23(19)17-29(2,3)4)22-10-12-24-25-14-21(20-8-6-5-7-9-20)11-13-27(25)31-28(24)16-22/h5-16,18H,17H2,1-4H3. The summed E-state index contributed by atoms with van der Waals surface area (Å²) >= 11 is 1.86. The van der Waals surface area contributed by atoms with Crippen molar-refractivity contribution in [3.63, 3.8) is 0 Å². The number of fused-ring (bicyclic) bond motifs is 3. The van der Waals surface area contributed by atoms with E-state index in [4.69, 9.17) is 4.98 Å². The molecule has 0 radical (unpaired) electrons. The normalized spacial score (nSPS) is 12.0. The van der Waals surface area contributed by atoms with Gasteiger partial charge in [0.25, 0.3) is 0 Å². The molecule has 31 heavy (non-hydrogen) atoms. The minimum absolute atomic E-state index is 0.259. The van der Waals surface area contributed by atoms with Crippen LogP contribution in [0.1, 0.15) is 31.9 Å². The second-order valence-corrected chi connectivity index (χ2v) is 10.7. The minimum Gasteiger partial charge on any atom is -0.256 e. The minimum atomic E-state index is 0.259. The van der Waals surface area contributed by atoms with Crippen LogP contribution in [0.4, 0.5) is 0 Å². The van der Waals surface area contributed by atoms with Crippen LogP contribution in [0.15, 0.2) is 79.0 Å². The lowest BCUT2D eigenvalue weighted by atomic mass is 9.86. The molecule has 0 saturated heterocycles. The van der Waals surface area contributed by atoms with Gasteiger partial charge in [-0.05, 0) is 65.3 Å². The molecule has 0 unspecified atom stereocenters. The molecule has 3 aromatic carbocycles. The molecule has 0 atom stereocenters. The van der Waals surface area contributed by atoms with E-state index >= 15 is 0 Å². The van der Waals surface area contributed by atoms with Crippen molar-refractivity contribution < 1.29 is 0 Å². The van der Waals surface area contributed by atoms with Gasteiger partial charge in [-0.15, -0.1) is 11.3 Å². The van der Waals surface area contributed by atoms with Gasteiger partial charge in [-0.1, -0.05) is 69.3 Å². The lowest BCUT2D eigenvalue weighted by Gasteiger charge is -2.20. The van der Waals surface area contributed by atoms with Crippen molar-refractivity contribution in [1.29, 1.82) is 0 Å².